The third-order valence-electron chi connectivity index (χ3n) is 2.23. The monoisotopic (exact) mass is 353 g/mol. The Kier molecular flexibility index (Phi) is 3.94. The highest BCUT2D eigenvalue weighted by Gasteiger charge is 2.34. The second-order valence-corrected chi connectivity index (χ2v) is 4.60. The number of hydrogen-bond donors (Lipinski definition) is 0. The third-order valence-corrected chi connectivity index (χ3v) is 2.67. The molecule has 1 aromatic carbocycles. The van der Waals surface area contributed by atoms with Gasteiger partial charge in [0.15, 0.2) is 5.82 Å². The van der Waals surface area contributed by atoms with Gasteiger partial charge in [0.2, 0.25) is 0 Å². The number of pyridine rings is 1. The molecule has 0 fully saturated rings. The molecule has 2 nitrogen and oxygen atoms in total. The van der Waals surface area contributed by atoms with Gasteiger partial charge in [0.25, 0.3) is 5.88 Å². The molecule has 0 aliphatic rings. The van der Waals surface area contributed by atoms with Crippen LogP contribution in [0.4, 0.5) is 22.0 Å². The molecule has 0 saturated carbocycles. The van der Waals surface area contributed by atoms with Crippen LogP contribution in [-0.4, -0.2) is 4.98 Å². The van der Waals surface area contributed by atoms with Crippen molar-refractivity contribution in [3.8, 4) is 11.6 Å². The molecule has 0 aliphatic carbocycles. The van der Waals surface area contributed by atoms with Gasteiger partial charge in [-0.15, -0.1) is 0 Å². The van der Waals surface area contributed by atoms with Crippen LogP contribution in [0.3, 0.4) is 0 Å². The first-order valence-electron chi connectivity index (χ1n) is 5.13. The van der Waals surface area contributed by atoms with E-state index in [2.05, 4.69) is 20.9 Å². The maximum atomic E-state index is 13.4. The smallest absolute Gasteiger partial charge is 0.419 e. The first kappa shape index (κ1) is 14.7. The molecule has 2 aromatic rings. The molecule has 0 N–H and O–H groups in total. The van der Waals surface area contributed by atoms with Gasteiger partial charge in [-0.2, -0.15) is 13.2 Å². The summed E-state index contributed by atoms with van der Waals surface area (Å²) in [6.07, 6.45) is -3.65. The summed E-state index contributed by atoms with van der Waals surface area (Å²) in [6, 6.07) is 3.03. The Morgan fingerprint density at radius 3 is 2.35 bits per heavy atom. The predicted molar refractivity (Wildman–Crippen MR) is 63.4 cm³/mol. The van der Waals surface area contributed by atoms with E-state index in [1.54, 1.807) is 0 Å². The number of halogens is 6. The molecule has 0 amide bonds. The van der Waals surface area contributed by atoms with E-state index >= 15 is 0 Å². The van der Waals surface area contributed by atoms with E-state index in [9.17, 15) is 22.0 Å². The third kappa shape index (κ3) is 3.24. The molecule has 0 aliphatic heterocycles. The molecule has 0 bridgehead atoms. The van der Waals surface area contributed by atoms with Crippen molar-refractivity contribution in [3.63, 3.8) is 0 Å². The lowest BCUT2D eigenvalue weighted by Gasteiger charge is -2.11. The molecule has 0 radical (unpaired) electrons. The Bertz CT molecular complexity index is 644. The van der Waals surface area contributed by atoms with Crippen molar-refractivity contribution in [2.75, 3.05) is 0 Å². The number of alkyl halides is 3. The van der Waals surface area contributed by atoms with Gasteiger partial charge in [-0.25, -0.2) is 13.8 Å². The second kappa shape index (κ2) is 5.35. The van der Waals surface area contributed by atoms with Crippen molar-refractivity contribution in [2.24, 2.45) is 0 Å². The summed E-state index contributed by atoms with van der Waals surface area (Å²) in [7, 11) is 0. The molecule has 8 heteroatoms. The van der Waals surface area contributed by atoms with E-state index < -0.39 is 29.3 Å². The quantitative estimate of drug-likeness (QED) is 0.714. The van der Waals surface area contributed by atoms with Gasteiger partial charge in [-0.1, -0.05) is 0 Å². The second-order valence-electron chi connectivity index (χ2n) is 3.68. The average Bonchev–Trinajstić information content (AvgIpc) is 2.33. The zero-order valence-electron chi connectivity index (χ0n) is 9.51. The van der Waals surface area contributed by atoms with Crippen molar-refractivity contribution in [2.45, 2.75) is 6.18 Å². The van der Waals surface area contributed by atoms with Crippen LogP contribution in [0.1, 0.15) is 5.56 Å². The summed E-state index contributed by atoms with van der Waals surface area (Å²) in [5, 5.41) is 0. The largest absolute Gasteiger partial charge is 0.436 e. The molecular weight excluding hydrogens is 349 g/mol. The molecular formula is C12H5BrF5NO. The zero-order chi connectivity index (χ0) is 14.9. The fraction of sp³-hybridized carbons (Fsp3) is 0.0833. The van der Waals surface area contributed by atoms with Crippen molar-refractivity contribution in [3.05, 3.63) is 52.1 Å². The number of rotatable bonds is 2. The van der Waals surface area contributed by atoms with Crippen LogP contribution >= 0.6 is 15.9 Å². The van der Waals surface area contributed by atoms with Crippen LogP contribution < -0.4 is 4.74 Å². The van der Waals surface area contributed by atoms with Crippen LogP contribution in [0, 0.1) is 11.6 Å². The number of nitrogens with zero attached hydrogens (tertiary/aromatic N) is 1. The first-order valence-corrected chi connectivity index (χ1v) is 5.92. The van der Waals surface area contributed by atoms with Crippen LogP contribution in [0.2, 0.25) is 0 Å². The normalized spacial score (nSPS) is 11.5. The lowest BCUT2D eigenvalue weighted by molar-refractivity contribution is -0.140. The Morgan fingerprint density at radius 2 is 1.75 bits per heavy atom. The van der Waals surface area contributed by atoms with E-state index in [0.717, 1.165) is 12.1 Å². The Labute approximate surface area is 118 Å². The van der Waals surface area contributed by atoms with Gasteiger partial charge in [-0.05, 0) is 40.2 Å². The fourth-order valence-corrected chi connectivity index (χ4v) is 1.68. The molecule has 0 saturated heterocycles. The summed E-state index contributed by atoms with van der Waals surface area (Å²) in [5.41, 5.74) is -1.49. The molecule has 1 heterocycles. The van der Waals surface area contributed by atoms with E-state index in [-0.39, 0.29) is 5.75 Å². The van der Waals surface area contributed by atoms with Gasteiger partial charge in [-0.3, -0.25) is 0 Å². The molecule has 0 spiro atoms. The van der Waals surface area contributed by atoms with E-state index in [0.29, 0.717) is 16.6 Å². The maximum absolute atomic E-state index is 13.4. The minimum absolute atomic E-state index is 0.345. The number of hydrogen-bond acceptors (Lipinski definition) is 2. The topological polar surface area (TPSA) is 22.1 Å². The summed E-state index contributed by atoms with van der Waals surface area (Å²) >= 11 is 2.97. The lowest BCUT2D eigenvalue weighted by Crippen LogP contribution is -2.08. The SMILES string of the molecule is Fc1ccc(Oc2ncc(Br)cc2F)cc1C(F)(F)F. The van der Waals surface area contributed by atoms with E-state index in [4.69, 9.17) is 4.74 Å². The minimum Gasteiger partial charge on any atom is -0.436 e. The summed E-state index contributed by atoms with van der Waals surface area (Å²) < 4.78 is 69.3. The van der Waals surface area contributed by atoms with Crippen LogP contribution in [0.15, 0.2) is 34.9 Å². The minimum atomic E-state index is -4.87. The highest BCUT2D eigenvalue weighted by Crippen LogP contribution is 2.35. The summed E-state index contributed by atoms with van der Waals surface area (Å²) in [4.78, 5) is 3.57. The standard InChI is InChI=1S/C12H5BrF5NO/c13-6-3-10(15)11(19-5-6)20-7-1-2-9(14)8(4-7)12(16,17)18/h1-5H. The highest BCUT2D eigenvalue weighted by atomic mass is 79.9. The Balaban J connectivity index is 2.35. The van der Waals surface area contributed by atoms with Crippen molar-refractivity contribution < 1.29 is 26.7 Å². The molecule has 106 valence electrons. The van der Waals surface area contributed by atoms with Crippen LogP contribution in [0.5, 0.6) is 11.6 Å². The molecule has 0 atom stereocenters. The number of benzene rings is 1. The van der Waals surface area contributed by atoms with E-state index in [1.807, 2.05) is 0 Å². The summed E-state index contributed by atoms with van der Waals surface area (Å²) in [5.74, 6) is -3.17. The van der Waals surface area contributed by atoms with Crippen molar-refractivity contribution in [1.82, 2.24) is 4.98 Å². The van der Waals surface area contributed by atoms with Gasteiger partial charge in [0, 0.05) is 10.7 Å². The highest BCUT2D eigenvalue weighted by molar-refractivity contribution is 9.10. The zero-order valence-corrected chi connectivity index (χ0v) is 11.1. The lowest BCUT2D eigenvalue weighted by atomic mass is 10.2. The van der Waals surface area contributed by atoms with Gasteiger partial charge < -0.3 is 4.74 Å². The number of aromatic nitrogens is 1. The molecule has 1 aromatic heterocycles. The number of ether oxygens (including phenoxy) is 1. The Morgan fingerprint density at radius 1 is 1.05 bits per heavy atom. The summed E-state index contributed by atoms with van der Waals surface area (Å²) in [6.45, 7) is 0. The van der Waals surface area contributed by atoms with E-state index in [1.165, 1.54) is 6.20 Å². The fourth-order valence-electron chi connectivity index (χ4n) is 1.37. The predicted octanol–water partition coefficient (Wildman–Crippen LogP) is 4.93. The van der Waals surface area contributed by atoms with Crippen molar-refractivity contribution >= 4 is 15.9 Å². The van der Waals surface area contributed by atoms with Crippen LogP contribution in [-0.2, 0) is 6.18 Å². The first-order chi connectivity index (χ1) is 9.27. The molecule has 20 heavy (non-hydrogen) atoms. The molecule has 2 rings (SSSR count). The Hall–Kier alpha value is -1.70. The van der Waals surface area contributed by atoms with Crippen molar-refractivity contribution in [1.29, 1.82) is 0 Å². The maximum Gasteiger partial charge on any atom is 0.419 e. The average molecular weight is 354 g/mol. The molecule has 0 unspecified atom stereocenters. The van der Waals surface area contributed by atoms with Crippen LogP contribution in [0.25, 0.3) is 0 Å². The van der Waals surface area contributed by atoms with Gasteiger partial charge in [0.1, 0.15) is 11.6 Å². The van der Waals surface area contributed by atoms with Gasteiger partial charge in [0.05, 0.1) is 5.56 Å². The van der Waals surface area contributed by atoms with Gasteiger partial charge >= 0.3 is 6.18 Å².